The Morgan fingerprint density at radius 3 is 1.29 bits per heavy atom. The molecule has 0 bridgehead atoms. The van der Waals surface area contributed by atoms with Crippen molar-refractivity contribution < 1.29 is 4.42 Å². The van der Waals surface area contributed by atoms with Gasteiger partial charge in [0.1, 0.15) is 11.2 Å². The summed E-state index contributed by atoms with van der Waals surface area (Å²) in [5, 5.41) is 9.28. The lowest BCUT2D eigenvalue weighted by molar-refractivity contribution is 0.669. The summed E-state index contributed by atoms with van der Waals surface area (Å²) in [5.74, 6) is 1.17. The zero-order valence-corrected chi connectivity index (χ0v) is 21.1. The maximum Gasteiger partial charge on any atom is 0.137 e. The third-order valence-electron chi connectivity index (χ3n) is 7.23. The van der Waals surface area contributed by atoms with Crippen molar-refractivity contribution in [1.29, 1.82) is 0 Å². The van der Waals surface area contributed by atoms with Crippen LogP contribution in [0.2, 0.25) is 0 Å². The third kappa shape index (κ3) is 4.90. The average molecular weight is 463 g/mol. The van der Waals surface area contributed by atoms with E-state index in [4.69, 9.17) is 4.42 Å². The van der Waals surface area contributed by atoms with Gasteiger partial charge in [0, 0.05) is 45.7 Å². The lowest BCUT2D eigenvalue weighted by Gasteiger charge is -2.11. The molecule has 178 valence electrons. The summed E-state index contributed by atoms with van der Waals surface area (Å²) in [7, 11) is 0. The van der Waals surface area contributed by atoms with E-state index in [-0.39, 0.29) is 0 Å². The van der Waals surface area contributed by atoms with Gasteiger partial charge in [-0.2, -0.15) is 0 Å². The van der Waals surface area contributed by atoms with Crippen molar-refractivity contribution in [2.75, 3.05) is 10.6 Å². The molecule has 0 radical (unpaired) electrons. The normalized spacial score (nSPS) is 13.1. The van der Waals surface area contributed by atoms with Gasteiger partial charge in [-0.05, 0) is 84.3 Å². The summed E-state index contributed by atoms with van der Waals surface area (Å²) in [6.45, 7) is 8.98. The molecule has 3 heteroatoms. The molecule has 35 heavy (non-hydrogen) atoms. The first kappa shape index (κ1) is 23.0. The van der Waals surface area contributed by atoms with Crippen LogP contribution in [0.4, 0.5) is 22.7 Å². The van der Waals surface area contributed by atoms with Gasteiger partial charge < -0.3 is 15.1 Å². The molecule has 0 fully saturated rings. The topological polar surface area (TPSA) is 37.2 Å². The lowest BCUT2D eigenvalue weighted by Crippen LogP contribution is -1.93. The zero-order chi connectivity index (χ0) is 24.4. The fourth-order valence-corrected chi connectivity index (χ4v) is 4.53. The number of nitrogens with one attached hydrogen (secondary N) is 2. The summed E-state index contributed by atoms with van der Waals surface area (Å²) >= 11 is 0. The molecule has 0 saturated heterocycles. The maximum absolute atomic E-state index is 6.26. The number of anilines is 4. The van der Waals surface area contributed by atoms with Gasteiger partial charge in [0.15, 0.2) is 0 Å². The Kier molecular flexibility index (Phi) is 6.50. The molecule has 1 aromatic heterocycles. The van der Waals surface area contributed by atoms with Gasteiger partial charge in [0.2, 0.25) is 0 Å². The fraction of sp³-hybridized carbons (Fsp3) is 0.250. The monoisotopic (exact) mass is 462 g/mol. The smallest absolute Gasteiger partial charge is 0.137 e. The number of fused-ring (bicyclic) bond motifs is 3. The molecule has 0 aliphatic heterocycles. The highest BCUT2D eigenvalue weighted by molar-refractivity contribution is 6.06. The minimum absolute atomic E-state index is 0.583. The summed E-state index contributed by atoms with van der Waals surface area (Å²) in [4.78, 5) is 0. The Balaban J connectivity index is 1.35. The van der Waals surface area contributed by atoms with Crippen LogP contribution in [0.15, 0.2) is 89.3 Å². The van der Waals surface area contributed by atoms with E-state index in [2.05, 4.69) is 123 Å². The summed E-state index contributed by atoms with van der Waals surface area (Å²) < 4.78 is 6.26. The van der Waals surface area contributed by atoms with Gasteiger partial charge in [0.05, 0.1) is 0 Å². The molecule has 4 aromatic carbocycles. The SMILES string of the molecule is CCC(C)c1ccc(Nc2ccc3c(c2)oc2cc(Nc4ccc(C(C)CC)cc4)ccc23)cc1. The Hall–Kier alpha value is -3.72. The van der Waals surface area contributed by atoms with E-state index in [1.165, 1.54) is 11.1 Å². The lowest BCUT2D eigenvalue weighted by atomic mass is 9.98. The second kappa shape index (κ2) is 9.87. The first-order valence-corrected chi connectivity index (χ1v) is 12.7. The van der Waals surface area contributed by atoms with E-state index >= 15 is 0 Å². The van der Waals surface area contributed by atoms with Crippen LogP contribution in [0.1, 0.15) is 63.5 Å². The number of benzene rings is 4. The van der Waals surface area contributed by atoms with Crippen molar-refractivity contribution in [2.24, 2.45) is 0 Å². The first-order chi connectivity index (χ1) is 17.0. The van der Waals surface area contributed by atoms with Crippen LogP contribution in [0, 0.1) is 0 Å². The maximum atomic E-state index is 6.26. The fourth-order valence-electron chi connectivity index (χ4n) is 4.53. The largest absolute Gasteiger partial charge is 0.456 e. The molecule has 0 aliphatic rings. The summed E-state index contributed by atoms with van der Waals surface area (Å²) in [6, 6.07) is 30.1. The molecule has 5 aromatic rings. The Morgan fingerprint density at radius 2 is 0.914 bits per heavy atom. The van der Waals surface area contributed by atoms with E-state index in [1.54, 1.807) is 0 Å². The van der Waals surface area contributed by atoms with E-state index in [9.17, 15) is 0 Å². The minimum Gasteiger partial charge on any atom is -0.456 e. The van der Waals surface area contributed by atoms with Gasteiger partial charge in [-0.3, -0.25) is 0 Å². The summed E-state index contributed by atoms with van der Waals surface area (Å²) in [5.41, 5.74) is 8.73. The zero-order valence-electron chi connectivity index (χ0n) is 21.1. The quantitative estimate of drug-likeness (QED) is 0.241. The van der Waals surface area contributed by atoms with Crippen LogP contribution in [0.5, 0.6) is 0 Å². The molecule has 2 atom stereocenters. The van der Waals surface area contributed by atoms with Crippen LogP contribution >= 0.6 is 0 Å². The highest BCUT2D eigenvalue weighted by Crippen LogP contribution is 2.34. The molecule has 0 spiro atoms. The highest BCUT2D eigenvalue weighted by Gasteiger charge is 2.10. The Labute approximate surface area is 208 Å². The molecule has 2 unspecified atom stereocenters. The highest BCUT2D eigenvalue weighted by atomic mass is 16.3. The number of hydrogen-bond donors (Lipinski definition) is 2. The van der Waals surface area contributed by atoms with Crippen LogP contribution in [-0.4, -0.2) is 0 Å². The van der Waals surface area contributed by atoms with Gasteiger partial charge in [0.25, 0.3) is 0 Å². The first-order valence-electron chi connectivity index (χ1n) is 12.7. The molecular formula is C32H34N2O. The van der Waals surface area contributed by atoms with Crippen molar-refractivity contribution in [3.8, 4) is 0 Å². The molecule has 2 N–H and O–H groups in total. The second-order valence-electron chi connectivity index (χ2n) is 9.64. The van der Waals surface area contributed by atoms with Gasteiger partial charge in [-0.15, -0.1) is 0 Å². The number of furan rings is 1. The van der Waals surface area contributed by atoms with Crippen molar-refractivity contribution in [3.63, 3.8) is 0 Å². The van der Waals surface area contributed by atoms with E-state index in [0.717, 1.165) is 57.5 Å². The van der Waals surface area contributed by atoms with Crippen LogP contribution in [0.3, 0.4) is 0 Å². The average Bonchev–Trinajstić information content (AvgIpc) is 3.25. The number of rotatable bonds is 8. The Bertz CT molecular complexity index is 1320. The molecule has 5 rings (SSSR count). The minimum atomic E-state index is 0.583. The molecular weight excluding hydrogens is 428 g/mol. The van der Waals surface area contributed by atoms with Crippen LogP contribution in [0.25, 0.3) is 21.9 Å². The number of hydrogen-bond acceptors (Lipinski definition) is 3. The van der Waals surface area contributed by atoms with Gasteiger partial charge in [-0.25, -0.2) is 0 Å². The standard InChI is InChI=1S/C32H34N2O/c1-5-21(3)23-7-11-25(12-8-23)33-27-15-17-29-30-18-16-28(20-32(30)35-31(29)19-27)34-26-13-9-24(10-14-26)22(4)6-2/h7-22,33-34H,5-6H2,1-4H3. The van der Waals surface area contributed by atoms with Gasteiger partial charge in [-0.1, -0.05) is 52.0 Å². The Morgan fingerprint density at radius 1 is 0.543 bits per heavy atom. The van der Waals surface area contributed by atoms with Crippen LogP contribution in [-0.2, 0) is 0 Å². The van der Waals surface area contributed by atoms with Crippen LogP contribution < -0.4 is 10.6 Å². The van der Waals surface area contributed by atoms with E-state index in [0.29, 0.717) is 11.8 Å². The predicted molar refractivity (Wildman–Crippen MR) is 151 cm³/mol. The summed E-state index contributed by atoms with van der Waals surface area (Å²) in [6.07, 6.45) is 2.30. The second-order valence-corrected chi connectivity index (χ2v) is 9.64. The van der Waals surface area contributed by atoms with Crippen molar-refractivity contribution in [1.82, 2.24) is 0 Å². The molecule has 0 saturated carbocycles. The predicted octanol–water partition coefficient (Wildman–Crippen LogP) is 10.1. The van der Waals surface area contributed by atoms with Crippen molar-refractivity contribution >= 4 is 44.7 Å². The molecule has 3 nitrogen and oxygen atoms in total. The van der Waals surface area contributed by atoms with Crippen molar-refractivity contribution in [2.45, 2.75) is 52.4 Å². The van der Waals surface area contributed by atoms with E-state index in [1.807, 2.05) is 0 Å². The molecule has 1 heterocycles. The van der Waals surface area contributed by atoms with Gasteiger partial charge >= 0.3 is 0 Å². The third-order valence-corrected chi connectivity index (χ3v) is 7.23. The van der Waals surface area contributed by atoms with E-state index < -0.39 is 0 Å². The molecule has 0 aliphatic carbocycles. The molecule has 0 amide bonds. The van der Waals surface area contributed by atoms with Crippen molar-refractivity contribution in [3.05, 3.63) is 96.1 Å².